The van der Waals surface area contributed by atoms with E-state index in [0.29, 0.717) is 25.6 Å². The highest BCUT2D eigenvalue weighted by molar-refractivity contribution is 5.70. The first kappa shape index (κ1) is 17.4. The quantitative estimate of drug-likeness (QED) is 0.875. The van der Waals surface area contributed by atoms with Crippen LogP contribution in [0.1, 0.15) is 24.5 Å². The van der Waals surface area contributed by atoms with Crippen molar-refractivity contribution in [2.45, 2.75) is 26.5 Å². The van der Waals surface area contributed by atoms with Crippen molar-refractivity contribution >= 4 is 5.97 Å². The van der Waals surface area contributed by atoms with Crippen molar-refractivity contribution in [3.05, 3.63) is 59.9 Å². The number of aromatic nitrogens is 1. The van der Waals surface area contributed by atoms with Crippen LogP contribution >= 0.6 is 0 Å². The number of ether oxygens (including phenoxy) is 1. The minimum atomic E-state index is -0.699. The molecule has 2 aromatic rings. The number of benzene rings is 1. The molecule has 0 radical (unpaired) electrons. The molecule has 132 valence electrons. The fourth-order valence-electron chi connectivity index (χ4n) is 3.40. The molecule has 3 rings (SSSR count). The van der Waals surface area contributed by atoms with Gasteiger partial charge in [-0.15, -0.1) is 0 Å². The maximum atomic E-state index is 11.3. The molecule has 1 N–H and O–H groups in total. The van der Waals surface area contributed by atoms with Crippen molar-refractivity contribution in [3.63, 3.8) is 0 Å². The summed E-state index contributed by atoms with van der Waals surface area (Å²) in [4.78, 5) is 17.8. The maximum absolute atomic E-state index is 11.3. The fraction of sp³-hybridized carbons (Fsp3) is 0.400. The normalized spacial score (nSPS) is 21.0. The van der Waals surface area contributed by atoms with E-state index in [-0.39, 0.29) is 5.92 Å². The van der Waals surface area contributed by atoms with E-state index >= 15 is 0 Å². The summed E-state index contributed by atoms with van der Waals surface area (Å²) in [6.45, 7) is 4.82. The van der Waals surface area contributed by atoms with Gasteiger partial charge in [0.15, 0.2) is 0 Å². The van der Waals surface area contributed by atoms with Crippen LogP contribution in [0.25, 0.3) is 0 Å². The predicted molar refractivity (Wildman–Crippen MR) is 95.2 cm³/mol. The second-order valence-electron chi connectivity index (χ2n) is 6.87. The lowest BCUT2D eigenvalue weighted by Crippen LogP contribution is -2.41. The molecule has 1 saturated heterocycles. The van der Waals surface area contributed by atoms with Gasteiger partial charge in [-0.1, -0.05) is 37.3 Å². The lowest BCUT2D eigenvalue weighted by molar-refractivity contribution is -0.144. The number of aliphatic carboxylic acids is 1. The smallest absolute Gasteiger partial charge is 0.307 e. The number of carbonyl (C=O) groups is 1. The predicted octanol–water partition coefficient (Wildman–Crippen LogP) is 3.20. The number of hydrogen-bond donors (Lipinski definition) is 1. The highest BCUT2D eigenvalue weighted by Crippen LogP contribution is 2.24. The van der Waals surface area contributed by atoms with Gasteiger partial charge in [0.05, 0.1) is 12.1 Å². The number of carboxylic acid groups (broad SMARTS) is 1. The van der Waals surface area contributed by atoms with Crippen molar-refractivity contribution in [1.29, 1.82) is 0 Å². The fourth-order valence-corrected chi connectivity index (χ4v) is 3.40. The van der Waals surface area contributed by atoms with Crippen LogP contribution in [0.4, 0.5) is 0 Å². The van der Waals surface area contributed by atoms with Crippen LogP contribution in [0, 0.1) is 11.8 Å². The third-order valence-corrected chi connectivity index (χ3v) is 4.51. The third-order valence-electron chi connectivity index (χ3n) is 4.51. The van der Waals surface area contributed by atoms with Gasteiger partial charge in [0.2, 0.25) is 0 Å². The third kappa shape index (κ3) is 5.03. The van der Waals surface area contributed by atoms with Gasteiger partial charge in [-0.3, -0.25) is 14.7 Å². The van der Waals surface area contributed by atoms with Crippen molar-refractivity contribution in [1.82, 2.24) is 9.88 Å². The highest BCUT2D eigenvalue weighted by atomic mass is 16.5. The van der Waals surface area contributed by atoms with Gasteiger partial charge in [0.25, 0.3) is 0 Å². The Kier molecular flexibility index (Phi) is 5.66. The number of nitrogens with zero attached hydrogens (tertiary/aromatic N) is 2. The molecule has 2 atom stereocenters. The molecule has 0 amide bonds. The molecule has 2 unspecified atom stereocenters. The lowest BCUT2D eigenvalue weighted by Gasteiger charge is -2.34. The Hall–Kier alpha value is -2.40. The first-order valence-corrected chi connectivity index (χ1v) is 8.66. The average molecular weight is 340 g/mol. The molecular formula is C20H24N2O3. The lowest BCUT2D eigenvalue weighted by atomic mass is 9.90. The Morgan fingerprint density at radius 1 is 1.24 bits per heavy atom. The number of likely N-dealkylation sites (tertiary alicyclic amines) is 1. The number of carboxylic acids is 1. The zero-order valence-corrected chi connectivity index (χ0v) is 14.5. The number of rotatable bonds is 6. The Labute approximate surface area is 148 Å². The molecule has 1 aliphatic rings. The minimum absolute atomic E-state index is 0.283. The van der Waals surface area contributed by atoms with Gasteiger partial charge >= 0.3 is 5.97 Å². The van der Waals surface area contributed by atoms with E-state index in [1.807, 2.05) is 42.6 Å². The summed E-state index contributed by atoms with van der Waals surface area (Å²) in [6.07, 6.45) is 4.29. The highest BCUT2D eigenvalue weighted by Gasteiger charge is 2.29. The SMILES string of the molecule is CC1CC(C(=O)O)CN(Cc2cncc(OCc3ccccc3)c2)C1. The van der Waals surface area contributed by atoms with E-state index in [0.717, 1.165) is 29.8 Å². The topological polar surface area (TPSA) is 62.7 Å². The van der Waals surface area contributed by atoms with Gasteiger partial charge in [-0.25, -0.2) is 0 Å². The summed E-state index contributed by atoms with van der Waals surface area (Å²) < 4.78 is 5.83. The van der Waals surface area contributed by atoms with E-state index in [1.54, 1.807) is 6.20 Å². The van der Waals surface area contributed by atoms with Crippen LogP contribution in [0.5, 0.6) is 5.75 Å². The summed E-state index contributed by atoms with van der Waals surface area (Å²) >= 11 is 0. The van der Waals surface area contributed by atoms with Gasteiger partial charge < -0.3 is 9.84 Å². The Bertz CT molecular complexity index is 705. The average Bonchev–Trinajstić information content (AvgIpc) is 2.61. The second-order valence-corrected chi connectivity index (χ2v) is 6.87. The number of pyridine rings is 1. The monoisotopic (exact) mass is 340 g/mol. The molecule has 0 saturated carbocycles. The van der Waals surface area contributed by atoms with Crippen molar-refractivity contribution in [3.8, 4) is 5.75 Å². The molecule has 0 aliphatic carbocycles. The number of hydrogen-bond acceptors (Lipinski definition) is 4. The van der Waals surface area contributed by atoms with Gasteiger partial charge in [0, 0.05) is 25.8 Å². The zero-order valence-electron chi connectivity index (χ0n) is 14.5. The van der Waals surface area contributed by atoms with E-state index in [2.05, 4.69) is 16.8 Å². The standard InChI is InChI=1S/C20H24N2O3/c1-15-7-18(20(23)24)13-22(11-15)12-17-8-19(10-21-9-17)25-14-16-5-3-2-4-6-16/h2-6,8-10,15,18H,7,11-14H2,1H3,(H,23,24). The van der Waals surface area contributed by atoms with E-state index in [1.165, 1.54) is 0 Å². The van der Waals surface area contributed by atoms with Gasteiger partial charge in [0.1, 0.15) is 12.4 Å². The Morgan fingerprint density at radius 2 is 2.04 bits per heavy atom. The zero-order chi connectivity index (χ0) is 17.6. The van der Waals surface area contributed by atoms with Crippen LogP contribution < -0.4 is 4.74 Å². The summed E-state index contributed by atoms with van der Waals surface area (Å²) in [7, 11) is 0. The molecule has 5 heteroatoms. The molecule has 25 heavy (non-hydrogen) atoms. The van der Waals surface area contributed by atoms with Gasteiger partial charge in [-0.05, 0) is 29.5 Å². The maximum Gasteiger partial charge on any atom is 0.307 e. The minimum Gasteiger partial charge on any atom is -0.487 e. The molecule has 0 bridgehead atoms. The first-order chi connectivity index (χ1) is 12.1. The van der Waals surface area contributed by atoms with Crippen LogP contribution in [0.2, 0.25) is 0 Å². The summed E-state index contributed by atoms with van der Waals surface area (Å²) in [6, 6.07) is 12.0. The number of piperidine rings is 1. The molecule has 1 fully saturated rings. The van der Waals surface area contributed by atoms with Crippen LogP contribution in [-0.2, 0) is 17.9 Å². The summed E-state index contributed by atoms with van der Waals surface area (Å²) in [5, 5.41) is 9.30. The molecule has 5 nitrogen and oxygen atoms in total. The summed E-state index contributed by atoms with van der Waals surface area (Å²) in [5.41, 5.74) is 2.16. The van der Waals surface area contributed by atoms with Crippen molar-refractivity contribution in [2.75, 3.05) is 13.1 Å². The molecule has 0 spiro atoms. The van der Waals surface area contributed by atoms with Crippen LogP contribution in [-0.4, -0.2) is 34.0 Å². The van der Waals surface area contributed by atoms with Crippen LogP contribution in [0.15, 0.2) is 48.8 Å². The van der Waals surface area contributed by atoms with Crippen LogP contribution in [0.3, 0.4) is 0 Å². The molecule has 2 heterocycles. The molecule has 1 aromatic heterocycles. The largest absolute Gasteiger partial charge is 0.487 e. The van der Waals surface area contributed by atoms with E-state index in [4.69, 9.17) is 4.74 Å². The molecule has 1 aliphatic heterocycles. The second kappa shape index (κ2) is 8.12. The van der Waals surface area contributed by atoms with E-state index in [9.17, 15) is 9.90 Å². The van der Waals surface area contributed by atoms with Gasteiger partial charge in [-0.2, -0.15) is 0 Å². The molecular weight excluding hydrogens is 316 g/mol. The Balaban J connectivity index is 1.60. The van der Waals surface area contributed by atoms with Crippen molar-refractivity contribution in [2.24, 2.45) is 11.8 Å². The Morgan fingerprint density at radius 3 is 2.80 bits per heavy atom. The first-order valence-electron chi connectivity index (χ1n) is 8.66. The van der Waals surface area contributed by atoms with Crippen molar-refractivity contribution < 1.29 is 14.6 Å². The van der Waals surface area contributed by atoms with E-state index < -0.39 is 5.97 Å². The summed E-state index contributed by atoms with van der Waals surface area (Å²) in [5.74, 6) is 0.144. The molecule has 1 aromatic carbocycles.